The molecule has 0 heterocycles. The minimum atomic E-state index is -0.0765. The Morgan fingerprint density at radius 3 is 2.73 bits per heavy atom. The number of benzene rings is 1. The molecule has 0 saturated carbocycles. The fraction of sp³-hybridized carbons (Fsp3) is 0.538. The van der Waals surface area contributed by atoms with Crippen molar-refractivity contribution < 1.29 is 5.11 Å². The number of thioether (sulfide) groups is 1. The van der Waals surface area contributed by atoms with E-state index >= 15 is 0 Å². The first-order valence-corrected chi connectivity index (χ1v) is 6.34. The first kappa shape index (κ1) is 11.0. The lowest BCUT2D eigenvalue weighted by Crippen LogP contribution is -2.19. The van der Waals surface area contributed by atoms with E-state index in [1.807, 2.05) is 0 Å². The van der Waals surface area contributed by atoms with Crippen LogP contribution >= 0.6 is 11.8 Å². The van der Waals surface area contributed by atoms with E-state index in [0.29, 0.717) is 0 Å². The fourth-order valence-electron chi connectivity index (χ4n) is 1.96. The van der Waals surface area contributed by atoms with Gasteiger partial charge in [-0.15, -0.1) is 11.8 Å². The van der Waals surface area contributed by atoms with Crippen molar-refractivity contribution in [3.8, 4) is 0 Å². The van der Waals surface area contributed by atoms with Gasteiger partial charge in [0.2, 0.25) is 0 Å². The van der Waals surface area contributed by atoms with Gasteiger partial charge in [-0.1, -0.05) is 6.07 Å². The van der Waals surface area contributed by atoms with Crippen LogP contribution in [-0.4, -0.2) is 16.5 Å². The fourth-order valence-corrected chi connectivity index (χ4v) is 3.00. The van der Waals surface area contributed by atoms with Gasteiger partial charge < -0.3 is 5.11 Å². The molecule has 1 N–H and O–H groups in total. The highest BCUT2D eigenvalue weighted by atomic mass is 32.2. The number of fused-ring (bicyclic) bond motifs is 1. The van der Waals surface area contributed by atoms with Crippen LogP contribution in [0.2, 0.25) is 0 Å². The van der Waals surface area contributed by atoms with E-state index in [1.165, 1.54) is 35.3 Å². The molecule has 1 aromatic rings. The molecule has 1 nitrogen and oxygen atoms in total. The summed E-state index contributed by atoms with van der Waals surface area (Å²) in [5.74, 6) is 0. The zero-order valence-electron chi connectivity index (χ0n) is 9.42. The van der Waals surface area contributed by atoms with Gasteiger partial charge >= 0.3 is 0 Å². The van der Waals surface area contributed by atoms with Gasteiger partial charge in [-0.25, -0.2) is 0 Å². The Hall–Kier alpha value is -0.470. The van der Waals surface area contributed by atoms with Crippen molar-refractivity contribution in [3.05, 3.63) is 29.3 Å². The van der Waals surface area contributed by atoms with Crippen LogP contribution in [0.3, 0.4) is 0 Å². The van der Waals surface area contributed by atoms with E-state index < -0.39 is 0 Å². The van der Waals surface area contributed by atoms with Crippen molar-refractivity contribution in [2.45, 2.75) is 42.8 Å². The molecular formula is C13H18OS. The number of aliphatic hydroxyl groups excluding tert-OH is 1. The van der Waals surface area contributed by atoms with Gasteiger partial charge in [0, 0.05) is 9.64 Å². The van der Waals surface area contributed by atoms with E-state index in [2.05, 4.69) is 32.0 Å². The van der Waals surface area contributed by atoms with Crippen LogP contribution in [0, 0.1) is 0 Å². The summed E-state index contributed by atoms with van der Waals surface area (Å²) in [7, 11) is 0. The Morgan fingerprint density at radius 1 is 1.27 bits per heavy atom. The summed E-state index contributed by atoms with van der Waals surface area (Å²) >= 11 is 1.76. The van der Waals surface area contributed by atoms with Crippen LogP contribution in [-0.2, 0) is 12.8 Å². The molecule has 1 aromatic carbocycles. The SMILES string of the molecule is CC(C)(CO)Sc1ccc2c(c1)CCC2. The molecular weight excluding hydrogens is 204 g/mol. The zero-order chi connectivity index (χ0) is 10.9. The Bertz CT molecular complexity index is 358. The Kier molecular flexibility index (Phi) is 3.08. The van der Waals surface area contributed by atoms with E-state index in [0.717, 1.165) is 0 Å². The highest BCUT2D eigenvalue weighted by Crippen LogP contribution is 2.34. The number of hydrogen-bond donors (Lipinski definition) is 1. The predicted octanol–water partition coefficient (Wildman–Crippen LogP) is 3.04. The van der Waals surface area contributed by atoms with E-state index in [9.17, 15) is 5.11 Å². The highest BCUT2D eigenvalue weighted by Gasteiger charge is 2.19. The molecule has 0 aliphatic heterocycles. The molecule has 82 valence electrons. The predicted molar refractivity (Wildman–Crippen MR) is 65.5 cm³/mol. The lowest BCUT2D eigenvalue weighted by Gasteiger charge is -2.21. The molecule has 1 aliphatic rings. The summed E-state index contributed by atoms with van der Waals surface area (Å²) < 4.78 is -0.0765. The van der Waals surface area contributed by atoms with Crippen LogP contribution in [0.15, 0.2) is 23.1 Å². The Morgan fingerprint density at radius 2 is 2.00 bits per heavy atom. The molecule has 0 unspecified atom stereocenters. The molecule has 2 heteroatoms. The smallest absolute Gasteiger partial charge is 0.0576 e. The van der Waals surface area contributed by atoms with Gasteiger partial charge in [0.15, 0.2) is 0 Å². The summed E-state index contributed by atoms with van der Waals surface area (Å²) in [5, 5.41) is 9.23. The second kappa shape index (κ2) is 4.18. The Balaban J connectivity index is 2.17. The standard InChI is InChI=1S/C13H18OS/c1-13(2,9-14)15-12-7-6-10-4-3-5-11(10)8-12/h6-8,14H,3-5,9H2,1-2H3. The van der Waals surface area contributed by atoms with Crippen molar-refractivity contribution in [1.29, 1.82) is 0 Å². The number of aryl methyl sites for hydroxylation is 2. The van der Waals surface area contributed by atoms with Crippen LogP contribution in [0.5, 0.6) is 0 Å². The minimum absolute atomic E-state index is 0.0765. The molecule has 1 aliphatic carbocycles. The van der Waals surface area contributed by atoms with Crippen LogP contribution in [0.1, 0.15) is 31.4 Å². The van der Waals surface area contributed by atoms with Crippen molar-refractivity contribution >= 4 is 11.8 Å². The Labute approximate surface area is 95.9 Å². The van der Waals surface area contributed by atoms with E-state index in [4.69, 9.17) is 0 Å². The van der Waals surface area contributed by atoms with Crippen molar-refractivity contribution in [2.75, 3.05) is 6.61 Å². The summed E-state index contributed by atoms with van der Waals surface area (Å²) in [6.07, 6.45) is 3.76. The summed E-state index contributed by atoms with van der Waals surface area (Å²) in [6, 6.07) is 6.73. The second-order valence-electron chi connectivity index (χ2n) is 4.80. The third-order valence-electron chi connectivity index (χ3n) is 2.84. The average molecular weight is 222 g/mol. The van der Waals surface area contributed by atoms with Crippen molar-refractivity contribution in [1.82, 2.24) is 0 Å². The van der Waals surface area contributed by atoms with Gasteiger partial charge in [-0.3, -0.25) is 0 Å². The molecule has 0 amide bonds. The first-order chi connectivity index (χ1) is 7.11. The van der Waals surface area contributed by atoms with Crippen LogP contribution < -0.4 is 0 Å². The summed E-state index contributed by atoms with van der Waals surface area (Å²) in [5.41, 5.74) is 3.02. The molecule has 0 bridgehead atoms. The molecule has 0 fully saturated rings. The maximum atomic E-state index is 9.23. The van der Waals surface area contributed by atoms with Crippen molar-refractivity contribution in [3.63, 3.8) is 0 Å². The normalized spacial score (nSPS) is 15.4. The number of aliphatic hydroxyl groups is 1. The van der Waals surface area contributed by atoms with Crippen LogP contribution in [0.25, 0.3) is 0 Å². The lowest BCUT2D eigenvalue weighted by atomic mass is 10.1. The minimum Gasteiger partial charge on any atom is -0.395 e. The summed E-state index contributed by atoms with van der Waals surface area (Å²) in [6.45, 7) is 4.37. The number of hydrogen-bond acceptors (Lipinski definition) is 2. The molecule has 0 spiro atoms. The van der Waals surface area contributed by atoms with Crippen LogP contribution in [0.4, 0.5) is 0 Å². The molecule has 15 heavy (non-hydrogen) atoms. The first-order valence-electron chi connectivity index (χ1n) is 5.52. The maximum Gasteiger partial charge on any atom is 0.0576 e. The van der Waals surface area contributed by atoms with Crippen molar-refractivity contribution in [2.24, 2.45) is 0 Å². The molecule has 0 radical (unpaired) electrons. The maximum absolute atomic E-state index is 9.23. The average Bonchev–Trinajstić information content (AvgIpc) is 2.64. The monoisotopic (exact) mass is 222 g/mol. The van der Waals surface area contributed by atoms with Gasteiger partial charge in [-0.2, -0.15) is 0 Å². The van der Waals surface area contributed by atoms with Gasteiger partial charge in [0.25, 0.3) is 0 Å². The largest absolute Gasteiger partial charge is 0.395 e. The zero-order valence-corrected chi connectivity index (χ0v) is 10.2. The van der Waals surface area contributed by atoms with E-state index in [-0.39, 0.29) is 11.4 Å². The molecule has 2 rings (SSSR count). The lowest BCUT2D eigenvalue weighted by molar-refractivity contribution is 0.265. The molecule has 0 atom stereocenters. The number of rotatable bonds is 3. The third-order valence-corrected chi connectivity index (χ3v) is 4.02. The van der Waals surface area contributed by atoms with Gasteiger partial charge in [0.05, 0.1) is 6.61 Å². The summed E-state index contributed by atoms with van der Waals surface area (Å²) in [4.78, 5) is 1.29. The third kappa shape index (κ3) is 2.56. The second-order valence-corrected chi connectivity index (χ2v) is 6.58. The van der Waals surface area contributed by atoms with Gasteiger partial charge in [-0.05, 0) is 56.4 Å². The quantitative estimate of drug-likeness (QED) is 0.793. The topological polar surface area (TPSA) is 20.2 Å². The van der Waals surface area contributed by atoms with Gasteiger partial charge in [0.1, 0.15) is 0 Å². The molecule has 0 aromatic heterocycles. The van der Waals surface area contributed by atoms with E-state index in [1.54, 1.807) is 11.8 Å². The molecule has 0 saturated heterocycles. The highest BCUT2D eigenvalue weighted by molar-refractivity contribution is 8.00.